The van der Waals surface area contributed by atoms with Gasteiger partial charge in [0.05, 0.1) is 0 Å². The highest BCUT2D eigenvalue weighted by atomic mass is 19.4. The summed E-state index contributed by atoms with van der Waals surface area (Å²) in [5.74, 6) is -1.43. The highest BCUT2D eigenvalue weighted by Gasteiger charge is 2.34. The molecule has 0 unspecified atom stereocenters. The molecule has 8 heteroatoms. The number of carboxylic acid groups (broad SMARTS) is 1. The van der Waals surface area contributed by atoms with E-state index in [0.29, 0.717) is 0 Å². The van der Waals surface area contributed by atoms with Crippen LogP contribution in [0, 0.1) is 0 Å². The van der Waals surface area contributed by atoms with Crippen molar-refractivity contribution in [3.63, 3.8) is 0 Å². The van der Waals surface area contributed by atoms with Crippen molar-refractivity contribution in [3.8, 4) is 0 Å². The molecule has 1 aromatic heterocycles. The monoisotopic (exact) mass is 246 g/mol. The van der Waals surface area contributed by atoms with Crippen molar-refractivity contribution in [3.05, 3.63) is 30.0 Å². The van der Waals surface area contributed by atoms with Crippen molar-refractivity contribution in [1.29, 1.82) is 0 Å². The van der Waals surface area contributed by atoms with Crippen molar-refractivity contribution in [1.82, 2.24) is 9.94 Å². The third kappa shape index (κ3) is 2.14. The molecule has 0 aliphatic carbocycles. The molecule has 0 atom stereocenters. The van der Waals surface area contributed by atoms with Crippen LogP contribution in [-0.2, 0) is 0 Å². The topological polar surface area (TPSA) is 64.3 Å². The van der Waals surface area contributed by atoms with E-state index in [1.165, 1.54) is 24.3 Å². The van der Waals surface area contributed by atoms with Gasteiger partial charge in [-0.15, -0.1) is 18.3 Å². The first kappa shape index (κ1) is 11.2. The van der Waals surface area contributed by atoms with Crippen LogP contribution in [0.3, 0.4) is 0 Å². The van der Waals surface area contributed by atoms with Gasteiger partial charge in [0.1, 0.15) is 5.52 Å². The number of alkyl halides is 3. The maximum Gasteiger partial charge on any atom is 0.593 e. The van der Waals surface area contributed by atoms with E-state index in [2.05, 4.69) is 9.94 Å². The van der Waals surface area contributed by atoms with Crippen LogP contribution in [0.5, 0.6) is 0 Å². The molecule has 17 heavy (non-hydrogen) atoms. The van der Waals surface area contributed by atoms with Gasteiger partial charge in [0.25, 0.3) is 0 Å². The van der Waals surface area contributed by atoms with E-state index in [0.717, 1.165) is 0 Å². The maximum atomic E-state index is 12.0. The van der Waals surface area contributed by atoms with Crippen LogP contribution in [0.25, 0.3) is 10.9 Å². The number of rotatable bonds is 2. The molecule has 90 valence electrons. The zero-order valence-electron chi connectivity index (χ0n) is 8.10. The number of aromatic carboxylic acids is 1. The second kappa shape index (κ2) is 3.65. The second-order valence-corrected chi connectivity index (χ2v) is 3.08. The summed E-state index contributed by atoms with van der Waals surface area (Å²) >= 11 is 0. The summed E-state index contributed by atoms with van der Waals surface area (Å²) < 4.78 is 36.1. The number of para-hydroxylation sites is 1. The number of benzene rings is 1. The number of nitrogens with zero attached hydrogens (tertiary/aromatic N) is 2. The van der Waals surface area contributed by atoms with Gasteiger partial charge in [0.2, 0.25) is 0 Å². The largest absolute Gasteiger partial charge is 0.593 e. The van der Waals surface area contributed by atoms with Gasteiger partial charge in [-0.25, -0.2) is 4.79 Å². The summed E-state index contributed by atoms with van der Waals surface area (Å²) in [5.41, 5.74) is -0.563. The first-order valence-corrected chi connectivity index (χ1v) is 4.36. The standard InChI is InChI=1S/C9H5F3N2O3/c10-9(11,12)17-14-6-4-2-1-3-5(6)7(13-14)8(15)16/h1-4H,(H,15,16). The second-order valence-electron chi connectivity index (χ2n) is 3.08. The Kier molecular flexibility index (Phi) is 2.41. The van der Waals surface area contributed by atoms with Gasteiger partial charge in [0, 0.05) is 5.39 Å². The lowest BCUT2D eigenvalue weighted by molar-refractivity contribution is -0.326. The summed E-state index contributed by atoms with van der Waals surface area (Å²) in [4.78, 5) is 14.5. The van der Waals surface area contributed by atoms with Crippen molar-refractivity contribution in [2.24, 2.45) is 0 Å². The first-order valence-electron chi connectivity index (χ1n) is 4.36. The van der Waals surface area contributed by atoms with Crippen molar-refractivity contribution >= 4 is 16.9 Å². The van der Waals surface area contributed by atoms with Gasteiger partial charge in [-0.3, -0.25) is 4.84 Å². The summed E-state index contributed by atoms with van der Waals surface area (Å²) in [5, 5.41) is 12.1. The lowest BCUT2D eigenvalue weighted by Gasteiger charge is -2.07. The smallest absolute Gasteiger partial charge is 0.476 e. The van der Waals surface area contributed by atoms with E-state index in [4.69, 9.17) is 5.11 Å². The molecule has 5 nitrogen and oxygen atoms in total. The van der Waals surface area contributed by atoms with Crippen molar-refractivity contribution in [2.45, 2.75) is 6.36 Å². The Morgan fingerprint density at radius 1 is 1.35 bits per heavy atom. The zero-order valence-corrected chi connectivity index (χ0v) is 8.10. The Morgan fingerprint density at radius 3 is 2.59 bits per heavy atom. The zero-order chi connectivity index (χ0) is 12.6. The van der Waals surface area contributed by atoms with E-state index in [1.807, 2.05) is 0 Å². The SMILES string of the molecule is O=C(O)c1nn(OC(F)(F)F)c2ccccc12. The lowest BCUT2D eigenvalue weighted by Crippen LogP contribution is -2.28. The normalized spacial score (nSPS) is 11.7. The molecule has 1 heterocycles. The molecule has 0 amide bonds. The number of carbonyl (C=O) groups is 1. The van der Waals surface area contributed by atoms with Crippen LogP contribution in [0.4, 0.5) is 13.2 Å². The fraction of sp³-hybridized carbons (Fsp3) is 0.111. The molecule has 0 fully saturated rings. The quantitative estimate of drug-likeness (QED) is 0.875. The highest BCUT2D eigenvalue weighted by Crippen LogP contribution is 2.20. The highest BCUT2D eigenvalue weighted by molar-refractivity contribution is 6.00. The molecule has 0 saturated heterocycles. The predicted molar refractivity (Wildman–Crippen MR) is 49.3 cm³/mol. The fourth-order valence-corrected chi connectivity index (χ4v) is 1.36. The van der Waals surface area contributed by atoms with E-state index in [-0.39, 0.29) is 15.7 Å². The molecular formula is C9H5F3N2O3. The number of carboxylic acids is 1. The van der Waals surface area contributed by atoms with E-state index in [1.54, 1.807) is 0 Å². The molecular weight excluding hydrogens is 241 g/mol. The fourth-order valence-electron chi connectivity index (χ4n) is 1.36. The number of fused-ring (bicyclic) bond motifs is 1. The number of hydrogen-bond donors (Lipinski definition) is 1. The third-order valence-corrected chi connectivity index (χ3v) is 1.95. The first-order chi connectivity index (χ1) is 7.88. The van der Waals surface area contributed by atoms with Gasteiger partial charge >= 0.3 is 12.3 Å². The van der Waals surface area contributed by atoms with Gasteiger partial charge in [0.15, 0.2) is 5.69 Å². The number of aromatic nitrogens is 2. The van der Waals surface area contributed by atoms with Crippen LogP contribution < -0.4 is 4.84 Å². The van der Waals surface area contributed by atoms with Gasteiger partial charge in [-0.2, -0.15) is 0 Å². The van der Waals surface area contributed by atoms with Crippen molar-refractivity contribution in [2.75, 3.05) is 0 Å². The summed E-state index contributed by atoms with van der Waals surface area (Å²) in [6.45, 7) is 0. The number of hydrogen-bond acceptors (Lipinski definition) is 3. The molecule has 0 radical (unpaired) electrons. The molecule has 2 aromatic rings. The molecule has 0 spiro atoms. The molecule has 2 rings (SSSR count). The molecule has 0 saturated carbocycles. The Bertz CT molecular complexity index is 576. The molecule has 0 aliphatic rings. The minimum atomic E-state index is -4.94. The van der Waals surface area contributed by atoms with Gasteiger partial charge in [-0.1, -0.05) is 23.0 Å². The Balaban J connectivity index is 2.61. The average Bonchev–Trinajstić information content (AvgIpc) is 2.55. The molecule has 0 bridgehead atoms. The van der Waals surface area contributed by atoms with Crippen LogP contribution in [-0.4, -0.2) is 27.4 Å². The van der Waals surface area contributed by atoms with Crippen molar-refractivity contribution < 1.29 is 27.9 Å². The molecule has 0 aliphatic heterocycles. The van der Waals surface area contributed by atoms with E-state index >= 15 is 0 Å². The van der Waals surface area contributed by atoms with E-state index < -0.39 is 18.0 Å². The number of halogens is 3. The van der Waals surface area contributed by atoms with Crippen LogP contribution >= 0.6 is 0 Å². The third-order valence-electron chi connectivity index (χ3n) is 1.95. The van der Waals surface area contributed by atoms with Crippen LogP contribution in [0.15, 0.2) is 24.3 Å². The summed E-state index contributed by atoms with van der Waals surface area (Å²) in [6, 6.07) is 5.57. The maximum absolute atomic E-state index is 12.0. The van der Waals surface area contributed by atoms with Gasteiger partial charge in [-0.05, 0) is 6.07 Å². The molecule has 1 aromatic carbocycles. The Labute approximate surface area is 92.0 Å². The minimum absolute atomic E-state index is 0.0674. The predicted octanol–water partition coefficient (Wildman–Crippen LogP) is 1.68. The van der Waals surface area contributed by atoms with Gasteiger partial charge < -0.3 is 5.11 Å². The molecule has 1 N–H and O–H groups in total. The van der Waals surface area contributed by atoms with Crippen LogP contribution in [0.2, 0.25) is 0 Å². The van der Waals surface area contributed by atoms with Crippen LogP contribution in [0.1, 0.15) is 10.5 Å². The summed E-state index contributed by atoms with van der Waals surface area (Å²) in [6.07, 6.45) is -4.94. The minimum Gasteiger partial charge on any atom is -0.476 e. The summed E-state index contributed by atoms with van der Waals surface area (Å²) in [7, 11) is 0. The lowest BCUT2D eigenvalue weighted by atomic mass is 10.2. The Hall–Kier alpha value is -2.25. The Morgan fingerprint density at radius 2 is 2.00 bits per heavy atom. The van der Waals surface area contributed by atoms with E-state index in [9.17, 15) is 18.0 Å². The average molecular weight is 246 g/mol.